The Bertz CT molecular complexity index is 626. The van der Waals surface area contributed by atoms with Gasteiger partial charge in [-0.1, -0.05) is 35.9 Å². The number of ether oxygens (including phenoxy) is 1. The van der Waals surface area contributed by atoms with Crippen molar-refractivity contribution in [2.24, 2.45) is 0 Å². The maximum atomic E-state index is 6.08. The highest BCUT2D eigenvalue weighted by Gasteiger charge is 2.19. The van der Waals surface area contributed by atoms with Crippen molar-refractivity contribution >= 4 is 17.3 Å². The van der Waals surface area contributed by atoms with E-state index in [0.29, 0.717) is 5.92 Å². The molecule has 2 aromatic carbocycles. The molecule has 0 bridgehead atoms. The summed E-state index contributed by atoms with van der Waals surface area (Å²) in [6, 6.07) is 14.5. The minimum Gasteiger partial charge on any atom is -0.495 e. The van der Waals surface area contributed by atoms with Crippen LogP contribution >= 0.6 is 11.6 Å². The van der Waals surface area contributed by atoms with Crippen molar-refractivity contribution in [3.63, 3.8) is 0 Å². The summed E-state index contributed by atoms with van der Waals surface area (Å²) < 4.78 is 5.39. The van der Waals surface area contributed by atoms with Crippen LogP contribution in [0.5, 0.6) is 5.75 Å². The quantitative estimate of drug-likeness (QED) is 0.869. The molecule has 1 aliphatic rings. The van der Waals surface area contributed by atoms with E-state index in [1.807, 2.05) is 18.2 Å². The van der Waals surface area contributed by atoms with Gasteiger partial charge in [0, 0.05) is 17.5 Å². The van der Waals surface area contributed by atoms with Gasteiger partial charge in [0.05, 0.1) is 12.8 Å². The largest absolute Gasteiger partial charge is 0.495 e. The lowest BCUT2D eigenvalue weighted by Crippen LogP contribution is -2.18. The summed E-state index contributed by atoms with van der Waals surface area (Å²) in [7, 11) is 1.68. The Balaban J connectivity index is 1.76. The fourth-order valence-corrected chi connectivity index (χ4v) is 3.29. The summed E-state index contributed by atoms with van der Waals surface area (Å²) in [6.07, 6.45) is 3.69. The van der Waals surface area contributed by atoms with Gasteiger partial charge >= 0.3 is 0 Å². The molecule has 0 amide bonds. The molecule has 1 aliphatic carbocycles. The second-order valence-electron chi connectivity index (χ2n) is 5.51. The molecule has 0 spiro atoms. The Morgan fingerprint density at radius 3 is 2.95 bits per heavy atom. The predicted molar refractivity (Wildman–Crippen MR) is 88.6 cm³/mol. The summed E-state index contributed by atoms with van der Waals surface area (Å²) in [5, 5.41) is 4.23. The summed E-state index contributed by atoms with van der Waals surface area (Å²) in [6.45, 7) is 0.910. The molecule has 110 valence electrons. The molecule has 3 rings (SSSR count). The van der Waals surface area contributed by atoms with Crippen LogP contribution in [0.2, 0.25) is 5.02 Å². The van der Waals surface area contributed by atoms with Gasteiger partial charge in [-0.3, -0.25) is 0 Å². The van der Waals surface area contributed by atoms with Crippen molar-refractivity contribution < 1.29 is 4.74 Å². The van der Waals surface area contributed by atoms with E-state index >= 15 is 0 Å². The highest BCUT2D eigenvalue weighted by Crippen LogP contribution is 2.33. The minimum absolute atomic E-state index is 0.554. The molecule has 1 atom stereocenters. The average Bonchev–Trinajstić information content (AvgIpc) is 2.53. The zero-order valence-corrected chi connectivity index (χ0v) is 13.0. The molecule has 0 aromatic heterocycles. The molecule has 0 radical (unpaired) electrons. The number of fused-ring (bicyclic) bond motifs is 1. The third-order valence-electron chi connectivity index (χ3n) is 4.19. The SMILES string of the molecule is COc1ccc(Cl)cc1NCC1CCCc2ccccc21. The van der Waals surface area contributed by atoms with Gasteiger partial charge in [0.15, 0.2) is 0 Å². The molecule has 3 heteroatoms. The minimum atomic E-state index is 0.554. The maximum Gasteiger partial charge on any atom is 0.142 e. The summed E-state index contributed by atoms with van der Waals surface area (Å²) >= 11 is 6.08. The lowest BCUT2D eigenvalue weighted by atomic mass is 9.83. The van der Waals surface area contributed by atoms with E-state index in [-0.39, 0.29) is 0 Å². The Labute approximate surface area is 131 Å². The summed E-state index contributed by atoms with van der Waals surface area (Å²) in [5.74, 6) is 1.39. The molecular weight excluding hydrogens is 282 g/mol. The van der Waals surface area contributed by atoms with Crippen molar-refractivity contribution in [3.8, 4) is 5.75 Å². The fourth-order valence-electron chi connectivity index (χ4n) is 3.12. The van der Waals surface area contributed by atoms with E-state index in [9.17, 15) is 0 Å². The van der Waals surface area contributed by atoms with E-state index in [2.05, 4.69) is 29.6 Å². The molecule has 21 heavy (non-hydrogen) atoms. The molecule has 1 N–H and O–H groups in total. The van der Waals surface area contributed by atoms with Crippen molar-refractivity contribution in [1.29, 1.82) is 0 Å². The molecule has 0 aliphatic heterocycles. The maximum absolute atomic E-state index is 6.08. The van der Waals surface area contributed by atoms with Gasteiger partial charge in [-0.25, -0.2) is 0 Å². The van der Waals surface area contributed by atoms with Crippen LogP contribution in [0.25, 0.3) is 0 Å². The second kappa shape index (κ2) is 6.40. The molecule has 0 saturated carbocycles. The van der Waals surface area contributed by atoms with E-state index in [0.717, 1.165) is 23.0 Å². The standard InChI is InChI=1S/C18H20ClNO/c1-21-18-10-9-15(19)11-17(18)20-12-14-7-4-6-13-5-2-3-8-16(13)14/h2-3,5,8-11,14,20H,4,6-7,12H2,1H3. The lowest BCUT2D eigenvalue weighted by Gasteiger charge is -2.26. The number of rotatable bonds is 4. The van der Waals surface area contributed by atoms with E-state index in [1.54, 1.807) is 7.11 Å². The van der Waals surface area contributed by atoms with Crippen molar-refractivity contribution in [2.75, 3.05) is 19.0 Å². The van der Waals surface area contributed by atoms with Gasteiger partial charge in [0.2, 0.25) is 0 Å². The molecule has 2 aromatic rings. The van der Waals surface area contributed by atoms with Crippen molar-refractivity contribution in [2.45, 2.75) is 25.2 Å². The monoisotopic (exact) mass is 301 g/mol. The first kappa shape index (κ1) is 14.3. The summed E-state index contributed by atoms with van der Waals surface area (Å²) in [4.78, 5) is 0. The number of benzene rings is 2. The zero-order chi connectivity index (χ0) is 14.7. The smallest absolute Gasteiger partial charge is 0.142 e. The predicted octanol–water partition coefficient (Wildman–Crippen LogP) is 4.88. The normalized spacial score (nSPS) is 17.1. The second-order valence-corrected chi connectivity index (χ2v) is 5.95. The van der Waals surface area contributed by atoms with Gasteiger partial charge in [-0.2, -0.15) is 0 Å². The molecule has 1 unspecified atom stereocenters. The van der Waals surface area contributed by atoms with Crippen molar-refractivity contribution in [1.82, 2.24) is 0 Å². The number of halogens is 1. The summed E-state index contributed by atoms with van der Waals surface area (Å²) in [5.41, 5.74) is 3.94. The molecule has 0 saturated heterocycles. The highest BCUT2D eigenvalue weighted by atomic mass is 35.5. The van der Waals surface area contributed by atoms with Crippen LogP contribution in [0.3, 0.4) is 0 Å². The van der Waals surface area contributed by atoms with E-state index < -0.39 is 0 Å². The number of anilines is 1. The number of nitrogens with one attached hydrogen (secondary N) is 1. The number of methoxy groups -OCH3 is 1. The first-order chi connectivity index (χ1) is 10.3. The van der Waals surface area contributed by atoms with E-state index in [1.165, 1.54) is 30.4 Å². The van der Waals surface area contributed by atoms with Crippen LogP contribution < -0.4 is 10.1 Å². The molecular formula is C18H20ClNO. The van der Waals surface area contributed by atoms with Crippen LogP contribution in [0, 0.1) is 0 Å². The number of aryl methyl sites for hydroxylation is 1. The Hall–Kier alpha value is -1.67. The van der Waals surface area contributed by atoms with Crippen LogP contribution in [0.4, 0.5) is 5.69 Å². The molecule has 2 nitrogen and oxygen atoms in total. The van der Waals surface area contributed by atoms with Gasteiger partial charge in [-0.15, -0.1) is 0 Å². The van der Waals surface area contributed by atoms with Crippen LogP contribution in [0.15, 0.2) is 42.5 Å². The van der Waals surface area contributed by atoms with Gasteiger partial charge in [0.1, 0.15) is 5.75 Å². The first-order valence-electron chi connectivity index (χ1n) is 7.43. The van der Waals surface area contributed by atoms with E-state index in [4.69, 9.17) is 16.3 Å². The van der Waals surface area contributed by atoms with Crippen LogP contribution in [-0.4, -0.2) is 13.7 Å². The van der Waals surface area contributed by atoms with Gasteiger partial charge in [0.25, 0.3) is 0 Å². The Kier molecular flexibility index (Phi) is 4.35. The average molecular weight is 302 g/mol. The number of hydrogen-bond acceptors (Lipinski definition) is 2. The third-order valence-corrected chi connectivity index (χ3v) is 4.43. The van der Waals surface area contributed by atoms with Crippen molar-refractivity contribution in [3.05, 3.63) is 58.6 Å². The molecule has 0 fully saturated rings. The highest BCUT2D eigenvalue weighted by molar-refractivity contribution is 6.30. The topological polar surface area (TPSA) is 21.3 Å². The Morgan fingerprint density at radius 1 is 1.24 bits per heavy atom. The Morgan fingerprint density at radius 2 is 2.10 bits per heavy atom. The number of hydrogen-bond donors (Lipinski definition) is 1. The van der Waals surface area contributed by atoms with Gasteiger partial charge < -0.3 is 10.1 Å². The zero-order valence-electron chi connectivity index (χ0n) is 12.2. The molecule has 0 heterocycles. The third kappa shape index (κ3) is 3.16. The first-order valence-corrected chi connectivity index (χ1v) is 7.81. The fraction of sp³-hybridized carbons (Fsp3) is 0.333. The van der Waals surface area contributed by atoms with Crippen LogP contribution in [-0.2, 0) is 6.42 Å². The van der Waals surface area contributed by atoms with Crippen LogP contribution in [0.1, 0.15) is 29.9 Å². The lowest BCUT2D eigenvalue weighted by molar-refractivity contribution is 0.416. The van der Waals surface area contributed by atoms with Gasteiger partial charge in [-0.05, 0) is 48.6 Å².